The van der Waals surface area contributed by atoms with Crippen molar-refractivity contribution in [2.45, 2.75) is 13.3 Å². The predicted octanol–water partition coefficient (Wildman–Crippen LogP) is 1.37. The zero-order valence-electron chi connectivity index (χ0n) is 16.7. The smallest absolute Gasteiger partial charge is 0.341 e. The molecule has 0 unspecified atom stereocenters. The van der Waals surface area contributed by atoms with E-state index < -0.39 is 17.5 Å². The van der Waals surface area contributed by atoms with Gasteiger partial charge in [-0.2, -0.15) is 5.10 Å². The number of anilines is 1. The Morgan fingerprint density at radius 3 is 2.40 bits per heavy atom. The Hall–Kier alpha value is -3.95. The number of fused-ring (bicyclic) bond motifs is 1. The van der Waals surface area contributed by atoms with E-state index >= 15 is 0 Å². The molecule has 156 valence electrons. The lowest BCUT2D eigenvalue weighted by molar-refractivity contribution is -0.140. The van der Waals surface area contributed by atoms with Gasteiger partial charge in [0.1, 0.15) is 11.3 Å². The Morgan fingerprint density at radius 1 is 1.10 bits per heavy atom. The van der Waals surface area contributed by atoms with Crippen LogP contribution in [-0.4, -0.2) is 53.4 Å². The minimum absolute atomic E-state index is 0.0680. The molecule has 0 atom stereocenters. The zero-order chi connectivity index (χ0) is 21.8. The first-order valence-corrected chi connectivity index (χ1v) is 8.99. The highest BCUT2D eigenvalue weighted by Gasteiger charge is 2.22. The number of ether oxygens (including phenoxy) is 2. The number of benzene rings is 1. The predicted molar refractivity (Wildman–Crippen MR) is 107 cm³/mol. The van der Waals surface area contributed by atoms with Crippen LogP contribution in [-0.2, 0) is 19.1 Å². The van der Waals surface area contributed by atoms with Gasteiger partial charge in [-0.3, -0.25) is 14.4 Å². The summed E-state index contributed by atoms with van der Waals surface area (Å²) in [4.78, 5) is 49.0. The number of aromatic amines is 1. The number of amides is 1. The van der Waals surface area contributed by atoms with Gasteiger partial charge >= 0.3 is 11.9 Å². The van der Waals surface area contributed by atoms with Crippen LogP contribution in [0.4, 0.5) is 5.69 Å². The van der Waals surface area contributed by atoms with E-state index in [0.717, 1.165) is 0 Å². The molecule has 0 aromatic heterocycles. The van der Waals surface area contributed by atoms with Crippen LogP contribution in [0.25, 0.3) is 16.9 Å². The summed E-state index contributed by atoms with van der Waals surface area (Å²) in [5, 5.41) is 6.22. The molecule has 2 aliphatic heterocycles. The first kappa shape index (κ1) is 20.8. The highest BCUT2D eigenvalue weighted by molar-refractivity contribution is 5.96. The van der Waals surface area contributed by atoms with Crippen molar-refractivity contribution in [2.75, 3.05) is 25.7 Å². The Bertz CT molecular complexity index is 1120. The Balaban J connectivity index is 1.96. The first-order valence-electron chi connectivity index (χ1n) is 8.99. The van der Waals surface area contributed by atoms with Crippen LogP contribution >= 0.6 is 0 Å². The third-order valence-corrected chi connectivity index (χ3v) is 4.57. The zero-order valence-corrected chi connectivity index (χ0v) is 16.7. The molecule has 0 aliphatic carbocycles. The molecular formula is C20H20N4O6. The lowest BCUT2D eigenvalue weighted by Gasteiger charge is -2.21. The number of methoxy groups -OCH3 is 2. The van der Waals surface area contributed by atoms with Crippen molar-refractivity contribution >= 4 is 23.5 Å². The Kier molecular flexibility index (Phi) is 5.95. The van der Waals surface area contributed by atoms with Crippen LogP contribution in [0.2, 0.25) is 0 Å². The average Bonchev–Trinajstić information content (AvgIpc) is 3.13. The van der Waals surface area contributed by atoms with Crippen LogP contribution in [0, 0.1) is 0 Å². The van der Waals surface area contributed by atoms with E-state index in [1.54, 1.807) is 35.0 Å². The van der Waals surface area contributed by atoms with E-state index in [0.29, 0.717) is 11.4 Å². The second-order valence-electron chi connectivity index (χ2n) is 6.40. The van der Waals surface area contributed by atoms with Gasteiger partial charge < -0.3 is 18.9 Å². The molecule has 0 saturated heterocycles. The van der Waals surface area contributed by atoms with Crippen molar-refractivity contribution in [3.63, 3.8) is 0 Å². The van der Waals surface area contributed by atoms with Gasteiger partial charge in [-0.1, -0.05) is 0 Å². The molecule has 0 fully saturated rings. The maximum Gasteiger partial charge on any atom is 0.341 e. The van der Waals surface area contributed by atoms with E-state index in [1.165, 1.54) is 32.2 Å². The average molecular weight is 412 g/mol. The largest absolute Gasteiger partial charge is 0.469 e. The van der Waals surface area contributed by atoms with Crippen molar-refractivity contribution < 1.29 is 23.9 Å². The molecule has 0 saturated carbocycles. The van der Waals surface area contributed by atoms with Gasteiger partial charge in [-0.05, 0) is 24.3 Å². The molecule has 10 heteroatoms. The second kappa shape index (κ2) is 8.60. The highest BCUT2D eigenvalue weighted by Crippen LogP contribution is 2.24. The fourth-order valence-corrected chi connectivity index (χ4v) is 3.02. The van der Waals surface area contributed by atoms with Crippen LogP contribution in [0.1, 0.15) is 23.7 Å². The van der Waals surface area contributed by atoms with Gasteiger partial charge in [0.25, 0.3) is 5.56 Å². The molecule has 10 nitrogen and oxygen atoms in total. The maximum absolute atomic E-state index is 12.1. The van der Waals surface area contributed by atoms with E-state index in [4.69, 9.17) is 4.74 Å². The topological polar surface area (TPSA) is 124 Å². The molecule has 1 aromatic rings. The molecule has 0 bridgehead atoms. The lowest BCUT2D eigenvalue weighted by atomic mass is 10.1. The summed E-state index contributed by atoms with van der Waals surface area (Å²) >= 11 is 0. The SMILES string of the molecule is COC(=O)CCN(C(C)=O)c1ccc(-n2cc(C(=O)OC)c3n[nH]c(=O)c-3c2)cc1. The summed E-state index contributed by atoms with van der Waals surface area (Å²) in [6.07, 6.45) is 3.14. The standard InChI is InChI=1S/C20H20N4O6/c1-12(25)24(9-8-17(26)29-2)14-6-4-13(5-7-14)23-10-15-18(21-22-19(15)27)16(11-23)20(28)30-3/h4-7,10-11H,8-9H2,1-3H3,(H,22,27). The fourth-order valence-electron chi connectivity index (χ4n) is 3.02. The molecular weight excluding hydrogens is 392 g/mol. The number of pyridine rings is 1. The van der Waals surface area contributed by atoms with Crippen molar-refractivity contribution in [1.29, 1.82) is 0 Å². The minimum Gasteiger partial charge on any atom is -0.469 e. The minimum atomic E-state index is -0.622. The molecule has 1 aromatic carbocycles. The maximum atomic E-state index is 12.1. The number of carbonyl (C=O) groups is 3. The summed E-state index contributed by atoms with van der Waals surface area (Å²) in [6, 6.07) is 6.86. The highest BCUT2D eigenvalue weighted by atomic mass is 16.5. The number of nitrogens with one attached hydrogen (secondary N) is 1. The second-order valence-corrected chi connectivity index (χ2v) is 6.40. The number of aromatic nitrogens is 3. The molecule has 1 N–H and O–H groups in total. The number of hydrogen-bond donors (Lipinski definition) is 1. The number of H-pyrrole nitrogens is 1. The number of hydrogen-bond acceptors (Lipinski definition) is 7. The number of carbonyl (C=O) groups excluding carboxylic acids is 3. The van der Waals surface area contributed by atoms with Gasteiger partial charge in [0.05, 0.1) is 26.2 Å². The van der Waals surface area contributed by atoms with Crippen molar-refractivity contribution in [1.82, 2.24) is 14.8 Å². The van der Waals surface area contributed by atoms with Crippen LogP contribution in [0.3, 0.4) is 0 Å². The number of rotatable bonds is 6. The van der Waals surface area contributed by atoms with Gasteiger partial charge in [0.2, 0.25) is 5.91 Å². The molecule has 3 rings (SSSR count). The third kappa shape index (κ3) is 4.07. The molecule has 30 heavy (non-hydrogen) atoms. The van der Waals surface area contributed by atoms with Gasteiger partial charge in [-0.15, -0.1) is 0 Å². The van der Waals surface area contributed by atoms with Crippen LogP contribution in [0.5, 0.6) is 0 Å². The Morgan fingerprint density at radius 2 is 1.80 bits per heavy atom. The summed E-state index contributed by atoms with van der Waals surface area (Å²) in [5.74, 6) is -1.25. The van der Waals surface area contributed by atoms with Gasteiger partial charge in [-0.25, -0.2) is 9.89 Å². The van der Waals surface area contributed by atoms with Crippen molar-refractivity contribution in [3.05, 3.63) is 52.6 Å². The number of nitrogens with zero attached hydrogens (tertiary/aromatic N) is 3. The van der Waals surface area contributed by atoms with Crippen molar-refractivity contribution in [3.8, 4) is 16.9 Å². The normalized spacial score (nSPS) is 10.6. The molecule has 0 spiro atoms. The quantitative estimate of drug-likeness (QED) is 0.607. The van der Waals surface area contributed by atoms with E-state index in [1.807, 2.05) is 0 Å². The summed E-state index contributed by atoms with van der Waals surface area (Å²) in [6.45, 7) is 1.59. The first-order chi connectivity index (χ1) is 14.3. The third-order valence-electron chi connectivity index (χ3n) is 4.57. The van der Waals surface area contributed by atoms with Crippen molar-refractivity contribution in [2.24, 2.45) is 0 Å². The van der Waals surface area contributed by atoms with E-state index in [-0.39, 0.29) is 35.7 Å². The molecule has 2 aliphatic rings. The van der Waals surface area contributed by atoms with Crippen LogP contribution in [0.15, 0.2) is 41.5 Å². The van der Waals surface area contributed by atoms with E-state index in [9.17, 15) is 19.2 Å². The lowest BCUT2D eigenvalue weighted by Crippen LogP contribution is -2.31. The van der Waals surface area contributed by atoms with Gasteiger partial charge in [0, 0.05) is 37.2 Å². The molecule has 0 radical (unpaired) electrons. The molecule has 2 heterocycles. The molecule has 1 amide bonds. The van der Waals surface area contributed by atoms with Crippen LogP contribution < -0.4 is 10.5 Å². The number of esters is 2. The van der Waals surface area contributed by atoms with E-state index in [2.05, 4.69) is 14.9 Å². The summed E-state index contributed by atoms with van der Waals surface area (Å²) in [7, 11) is 2.54. The summed E-state index contributed by atoms with van der Waals surface area (Å²) < 4.78 is 11.0. The monoisotopic (exact) mass is 412 g/mol. The fraction of sp³-hybridized carbons (Fsp3) is 0.250. The Labute approximate surface area is 171 Å². The summed E-state index contributed by atoms with van der Waals surface area (Å²) in [5.41, 5.74) is 1.42. The van der Waals surface area contributed by atoms with Gasteiger partial charge in [0.15, 0.2) is 0 Å².